The molecular weight excluding hydrogens is 292 g/mol. The number of rotatable bonds is 3. The maximum absolute atomic E-state index is 12.3. The van der Waals surface area contributed by atoms with Crippen LogP contribution in [0.3, 0.4) is 0 Å². The van der Waals surface area contributed by atoms with Crippen molar-refractivity contribution >= 4 is 38.6 Å². The van der Waals surface area contributed by atoms with E-state index in [1.54, 1.807) is 11.4 Å². The summed E-state index contributed by atoms with van der Waals surface area (Å²) in [5.74, 6) is -0.196. The highest BCUT2D eigenvalue weighted by molar-refractivity contribution is 7.91. The Morgan fingerprint density at radius 1 is 1.44 bits per heavy atom. The lowest BCUT2D eigenvalue weighted by Crippen LogP contribution is -2.30. The maximum atomic E-state index is 12.3. The van der Waals surface area contributed by atoms with Gasteiger partial charge in [-0.2, -0.15) is 0 Å². The van der Waals surface area contributed by atoms with Gasteiger partial charge in [0.25, 0.3) is 0 Å². The molecule has 1 fully saturated rings. The van der Waals surface area contributed by atoms with Crippen molar-refractivity contribution in [2.45, 2.75) is 30.9 Å². The summed E-state index contributed by atoms with van der Waals surface area (Å²) in [4.78, 5) is 12.9. The molecule has 1 saturated carbocycles. The van der Waals surface area contributed by atoms with Crippen molar-refractivity contribution in [1.29, 1.82) is 0 Å². The summed E-state index contributed by atoms with van der Waals surface area (Å²) >= 11 is 7.28. The molecule has 0 amide bonds. The topological polar surface area (TPSA) is 51.2 Å². The molecule has 3 nitrogen and oxygen atoms in total. The molecule has 1 aromatic rings. The predicted octanol–water partition coefficient (Wildman–Crippen LogP) is 3.19. The largest absolute Gasteiger partial charge is 0.293 e. The van der Waals surface area contributed by atoms with Gasteiger partial charge in [-0.1, -0.05) is 18.0 Å². The Morgan fingerprint density at radius 3 is 2.72 bits per heavy atom. The first-order chi connectivity index (χ1) is 8.39. The minimum absolute atomic E-state index is 0.00310. The van der Waals surface area contributed by atoms with Crippen molar-refractivity contribution in [3.63, 3.8) is 0 Å². The molecule has 6 heteroatoms. The molecule has 2 atom stereocenters. The normalized spacial score (nSPS) is 25.0. The van der Waals surface area contributed by atoms with Crippen LogP contribution in [0.1, 0.15) is 35.4 Å². The Labute approximate surface area is 116 Å². The molecule has 0 spiro atoms. The monoisotopic (exact) mass is 306 g/mol. The number of sulfone groups is 1. The fourth-order valence-corrected chi connectivity index (χ4v) is 4.77. The molecule has 0 saturated heterocycles. The Balaban J connectivity index is 2.15. The summed E-state index contributed by atoms with van der Waals surface area (Å²) in [6.07, 6.45) is 3.91. The smallest absolute Gasteiger partial charge is 0.177 e. The van der Waals surface area contributed by atoms with Gasteiger partial charge in [-0.15, -0.1) is 11.3 Å². The number of Topliss-reactive ketones (excluding diaryl/α,β-unsaturated/α-hetero) is 1. The van der Waals surface area contributed by atoms with Gasteiger partial charge in [0.05, 0.1) is 15.1 Å². The van der Waals surface area contributed by atoms with E-state index in [9.17, 15) is 13.2 Å². The van der Waals surface area contributed by atoms with Gasteiger partial charge in [-0.3, -0.25) is 4.79 Å². The molecule has 100 valence electrons. The highest BCUT2D eigenvalue weighted by Crippen LogP contribution is 2.34. The Hall–Kier alpha value is -0.390. The lowest BCUT2D eigenvalue weighted by molar-refractivity contribution is 0.0895. The molecule has 1 aliphatic carbocycles. The van der Waals surface area contributed by atoms with Gasteiger partial charge >= 0.3 is 0 Å². The average Bonchev–Trinajstić information content (AvgIpc) is 2.73. The second kappa shape index (κ2) is 5.31. The number of halogens is 1. The third-order valence-corrected chi connectivity index (χ3v) is 6.44. The Bertz CT molecular complexity index is 547. The number of ketones is 1. The molecular formula is C12H15ClO3S2. The van der Waals surface area contributed by atoms with Crippen molar-refractivity contribution in [2.75, 3.05) is 6.26 Å². The molecule has 2 rings (SSSR count). The van der Waals surface area contributed by atoms with Gasteiger partial charge in [0.1, 0.15) is 9.84 Å². The summed E-state index contributed by atoms with van der Waals surface area (Å²) in [7, 11) is -3.05. The van der Waals surface area contributed by atoms with Crippen molar-refractivity contribution < 1.29 is 13.2 Å². The van der Waals surface area contributed by atoms with Crippen molar-refractivity contribution in [3.05, 3.63) is 21.3 Å². The van der Waals surface area contributed by atoms with Crippen LogP contribution in [0.15, 0.2) is 11.4 Å². The third kappa shape index (κ3) is 2.95. The zero-order valence-electron chi connectivity index (χ0n) is 10.1. The second-order valence-corrected chi connectivity index (χ2v) is 8.43. The first-order valence-corrected chi connectivity index (χ1v) is 9.07. The minimum Gasteiger partial charge on any atom is -0.293 e. The molecule has 18 heavy (non-hydrogen) atoms. The zero-order valence-corrected chi connectivity index (χ0v) is 12.4. The van der Waals surface area contributed by atoms with Gasteiger partial charge in [-0.25, -0.2) is 8.42 Å². The Morgan fingerprint density at radius 2 is 2.17 bits per heavy atom. The maximum Gasteiger partial charge on any atom is 0.177 e. The molecule has 0 aromatic carbocycles. The van der Waals surface area contributed by atoms with Crippen LogP contribution in [0.2, 0.25) is 5.02 Å². The lowest BCUT2D eigenvalue weighted by Gasteiger charge is -2.26. The van der Waals surface area contributed by atoms with Crippen LogP contribution in [0.4, 0.5) is 0 Å². The molecule has 1 heterocycles. The first kappa shape index (κ1) is 14.0. The number of carbonyl (C=O) groups excluding carboxylic acids is 1. The van der Waals surface area contributed by atoms with E-state index in [0.717, 1.165) is 12.8 Å². The van der Waals surface area contributed by atoms with Crippen LogP contribution in [-0.4, -0.2) is 25.7 Å². The van der Waals surface area contributed by atoms with Crippen molar-refractivity contribution in [1.82, 2.24) is 0 Å². The molecule has 2 unspecified atom stereocenters. The summed E-state index contributed by atoms with van der Waals surface area (Å²) in [6, 6.07) is 1.70. The fraction of sp³-hybridized carbons (Fsp3) is 0.583. The third-order valence-electron chi connectivity index (χ3n) is 3.44. The summed E-state index contributed by atoms with van der Waals surface area (Å²) < 4.78 is 23.1. The lowest BCUT2D eigenvalue weighted by atomic mass is 9.85. The summed E-state index contributed by atoms with van der Waals surface area (Å²) in [5.41, 5.74) is 0. The van der Waals surface area contributed by atoms with E-state index in [1.807, 2.05) is 0 Å². The fourth-order valence-electron chi connectivity index (χ4n) is 2.43. The number of hydrogen-bond donors (Lipinski definition) is 0. The van der Waals surface area contributed by atoms with E-state index in [1.165, 1.54) is 17.6 Å². The average molecular weight is 307 g/mol. The van der Waals surface area contributed by atoms with Crippen LogP contribution in [0.25, 0.3) is 0 Å². The van der Waals surface area contributed by atoms with Gasteiger partial charge < -0.3 is 0 Å². The summed E-state index contributed by atoms with van der Waals surface area (Å²) in [6.45, 7) is 0. The SMILES string of the molecule is CS(=O)(=O)C1CCCC(C(=O)c2sccc2Cl)C1. The van der Waals surface area contributed by atoms with E-state index in [0.29, 0.717) is 22.7 Å². The molecule has 0 aliphatic heterocycles. The van der Waals surface area contributed by atoms with Gasteiger partial charge in [0.15, 0.2) is 5.78 Å². The number of thiophene rings is 1. The highest BCUT2D eigenvalue weighted by Gasteiger charge is 2.33. The molecule has 0 bridgehead atoms. The molecule has 0 N–H and O–H groups in total. The van der Waals surface area contributed by atoms with Gasteiger partial charge in [0, 0.05) is 12.2 Å². The van der Waals surface area contributed by atoms with E-state index in [4.69, 9.17) is 11.6 Å². The van der Waals surface area contributed by atoms with Crippen molar-refractivity contribution in [2.24, 2.45) is 5.92 Å². The highest BCUT2D eigenvalue weighted by atomic mass is 35.5. The Kier molecular flexibility index (Phi) is 4.14. The van der Waals surface area contributed by atoms with Crippen LogP contribution >= 0.6 is 22.9 Å². The van der Waals surface area contributed by atoms with Crippen LogP contribution in [-0.2, 0) is 9.84 Å². The van der Waals surface area contributed by atoms with Crippen LogP contribution in [0, 0.1) is 5.92 Å². The van der Waals surface area contributed by atoms with Crippen molar-refractivity contribution in [3.8, 4) is 0 Å². The second-order valence-electron chi connectivity index (χ2n) is 4.78. The number of carbonyl (C=O) groups is 1. The zero-order chi connectivity index (χ0) is 13.3. The van der Waals surface area contributed by atoms with Crippen LogP contribution in [0.5, 0.6) is 0 Å². The molecule has 0 radical (unpaired) electrons. The van der Waals surface area contributed by atoms with Gasteiger partial charge in [-0.05, 0) is 30.7 Å². The molecule has 1 aliphatic rings. The quantitative estimate of drug-likeness (QED) is 0.806. The molecule has 1 aromatic heterocycles. The summed E-state index contributed by atoms with van der Waals surface area (Å²) in [5, 5.41) is 1.89. The van der Waals surface area contributed by atoms with E-state index < -0.39 is 9.84 Å². The predicted molar refractivity (Wildman–Crippen MR) is 74.2 cm³/mol. The van der Waals surface area contributed by atoms with E-state index >= 15 is 0 Å². The standard InChI is InChI=1S/C12H15ClO3S2/c1-18(15,16)9-4-2-3-8(7-9)11(14)12-10(13)5-6-17-12/h5-6,8-9H,2-4,7H2,1H3. The number of hydrogen-bond acceptors (Lipinski definition) is 4. The van der Waals surface area contributed by atoms with E-state index in [2.05, 4.69) is 0 Å². The van der Waals surface area contributed by atoms with Gasteiger partial charge in [0.2, 0.25) is 0 Å². The first-order valence-electron chi connectivity index (χ1n) is 5.85. The van der Waals surface area contributed by atoms with E-state index in [-0.39, 0.29) is 17.0 Å². The minimum atomic E-state index is -3.05. The van der Waals surface area contributed by atoms with Crippen LogP contribution < -0.4 is 0 Å².